The second kappa shape index (κ2) is 3.47. The number of rotatable bonds is 0. The zero-order valence-electron chi connectivity index (χ0n) is 7.70. The van der Waals surface area contributed by atoms with E-state index in [1.165, 1.54) is 6.07 Å². The highest BCUT2D eigenvalue weighted by Crippen LogP contribution is 2.23. The van der Waals surface area contributed by atoms with Gasteiger partial charge in [0.1, 0.15) is 11.2 Å². The van der Waals surface area contributed by atoms with Crippen molar-refractivity contribution in [3.05, 3.63) is 28.0 Å². The first-order chi connectivity index (χ1) is 7.02. The molecule has 0 unspecified atom stereocenters. The first-order valence-electron chi connectivity index (χ1n) is 4.30. The van der Waals surface area contributed by atoms with Crippen LogP contribution in [0.15, 0.2) is 6.07 Å². The van der Waals surface area contributed by atoms with Crippen molar-refractivity contribution < 1.29 is 8.42 Å². The maximum atomic E-state index is 11.4. The highest BCUT2D eigenvalue weighted by atomic mass is 35.5. The predicted molar refractivity (Wildman–Crippen MR) is 55.2 cm³/mol. The average molecular weight is 243 g/mol. The van der Waals surface area contributed by atoms with Crippen LogP contribution in [0.4, 0.5) is 0 Å². The minimum absolute atomic E-state index is 0.0405. The third kappa shape index (κ3) is 1.96. The molecule has 0 bridgehead atoms. The van der Waals surface area contributed by atoms with Gasteiger partial charge in [0.05, 0.1) is 17.1 Å². The lowest BCUT2D eigenvalue weighted by Crippen LogP contribution is -2.20. The summed E-state index contributed by atoms with van der Waals surface area (Å²) in [7, 11) is -3.03. The van der Waals surface area contributed by atoms with E-state index in [4.69, 9.17) is 16.9 Å². The van der Waals surface area contributed by atoms with E-state index in [0.717, 1.165) is 0 Å². The van der Waals surface area contributed by atoms with Crippen molar-refractivity contribution >= 4 is 21.4 Å². The summed E-state index contributed by atoms with van der Waals surface area (Å²) in [6.45, 7) is 0. The van der Waals surface area contributed by atoms with Gasteiger partial charge in [-0.25, -0.2) is 13.4 Å². The summed E-state index contributed by atoms with van der Waals surface area (Å²) in [5.41, 5.74) is 1.52. The number of nitrogens with zero attached hydrogens (tertiary/aromatic N) is 2. The van der Waals surface area contributed by atoms with E-state index in [1.54, 1.807) is 0 Å². The summed E-state index contributed by atoms with van der Waals surface area (Å²) >= 11 is 5.75. The molecule has 0 fully saturated rings. The molecule has 15 heavy (non-hydrogen) atoms. The van der Waals surface area contributed by atoms with Gasteiger partial charge < -0.3 is 0 Å². The third-order valence-electron chi connectivity index (χ3n) is 2.29. The number of aryl methyl sites for hydroxylation is 1. The molecule has 1 aliphatic heterocycles. The van der Waals surface area contributed by atoms with Crippen molar-refractivity contribution in [3.63, 3.8) is 0 Å². The molecule has 0 N–H and O–H groups in total. The van der Waals surface area contributed by atoms with E-state index in [9.17, 15) is 8.42 Å². The molecular weight excluding hydrogens is 236 g/mol. The Labute approximate surface area is 92.4 Å². The van der Waals surface area contributed by atoms with Crippen LogP contribution in [0.3, 0.4) is 0 Å². The molecule has 0 spiro atoms. The van der Waals surface area contributed by atoms with Crippen molar-refractivity contribution in [2.75, 3.05) is 5.75 Å². The smallest absolute Gasteiger partial charge is 0.154 e. The van der Waals surface area contributed by atoms with E-state index in [0.29, 0.717) is 17.7 Å². The molecule has 0 aliphatic carbocycles. The van der Waals surface area contributed by atoms with Gasteiger partial charge in [-0.15, -0.1) is 0 Å². The van der Waals surface area contributed by atoms with Crippen molar-refractivity contribution in [3.8, 4) is 6.07 Å². The molecule has 1 aromatic rings. The summed E-state index contributed by atoms with van der Waals surface area (Å²) in [6.07, 6.45) is 0.378. The normalized spacial score (nSPS) is 17.9. The molecule has 0 atom stereocenters. The van der Waals surface area contributed by atoms with Gasteiger partial charge in [-0.1, -0.05) is 11.6 Å². The zero-order valence-corrected chi connectivity index (χ0v) is 9.27. The number of aromatic nitrogens is 1. The molecular formula is C9H7ClN2O2S. The molecule has 0 saturated carbocycles. The van der Waals surface area contributed by atoms with E-state index < -0.39 is 9.84 Å². The molecule has 2 heterocycles. The fraction of sp³-hybridized carbons (Fsp3) is 0.333. The second-order valence-corrected chi connectivity index (χ2v) is 5.93. The highest BCUT2D eigenvalue weighted by molar-refractivity contribution is 7.90. The molecule has 6 heteroatoms. The van der Waals surface area contributed by atoms with Crippen molar-refractivity contribution in [1.82, 2.24) is 4.98 Å². The molecule has 1 aromatic heterocycles. The zero-order chi connectivity index (χ0) is 11.1. The van der Waals surface area contributed by atoms with Gasteiger partial charge in [-0.05, 0) is 11.6 Å². The Bertz CT molecular complexity index is 560. The topological polar surface area (TPSA) is 70.8 Å². The van der Waals surface area contributed by atoms with E-state index >= 15 is 0 Å². The number of hydrogen-bond acceptors (Lipinski definition) is 4. The lowest BCUT2D eigenvalue weighted by atomic mass is 10.1. The van der Waals surface area contributed by atoms with Crippen LogP contribution in [0.5, 0.6) is 0 Å². The Morgan fingerprint density at radius 1 is 1.53 bits per heavy atom. The molecule has 4 nitrogen and oxygen atoms in total. The molecule has 78 valence electrons. The SMILES string of the molecule is N#Cc1cc2c(nc1Cl)CCS(=O)(=O)C2. The van der Waals surface area contributed by atoms with Crippen LogP contribution in [-0.2, 0) is 22.0 Å². The number of hydrogen-bond donors (Lipinski definition) is 0. The minimum atomic E-state index is -3.03. The maximum absolute atomic E-state index is 11.4. The molecule has 0 saturated heterocycles. The first kappa shape index (κ1) is 10.4. The molecule has 1 aliphatic rings. The monoisotopic (exact) mass is 242 g/mol. The maximum Gasteiger partial charge on any atom is 0.154 e. The number of nitriles is 1. The van der Waals surface area contributed by atoms with Crippen molar-refractivity contribution in [1.29, 1.82) is 5.26 Å². The van der Waals surface area contributed by atoms with Crippen LogP contribution in [0, 0.1) is 11.3 Å². The van der Waals surface area contributed by atoms with Gasteiger partial charge in [0.15, 0.2) is 9.84 Å². The largest absolute Gasteiger partial charge is 0.239 e. The average Bonchev–Trinajstić information content (AvgIpc) is 2.17. The van der Waals surface area contributed by atoms with Crippen LogP contribution < -0.4 is 0 Å². The quantitative estimate of drug-likeness (QED) is 0.639. The predicted octanol–water partition coefficient (Wildman–Crippen LogP) is 1.08. The van der Waals surface area contributed by atoms with Crippen LogP contribution in [0.25, 0.3) is 0 Å². The Hall–Kier alpha value is -1.12. The fourth-order valence-corrected chi connectivity index (χ4v) is 3.12. The summed E-state index contributed by atoms with van der Waals surface area (Å²) in [5.74, 6) is 0.0659. The summed E-state index contributed by atoms with van der Waals surface area (Å²) < 4.78 is 22.7. The van der Waals surface area contributed by atoms with Gasteiger partial charge in [-0.3, -0.25) is 0 Å². The number of halogens is 1. The summed E-state index contributed by atoms with van der Waals surface area (Å²) in [4.78, 5) is 4.03. The van der Waals surface area contributed by atoms with Gasteiger partial charge in [0.25, 0.3) is 0 Å². The van der Waals surface area contributed by atoms with Crippen molar-refractivity contribution in [2.24, 2.45) is 0 Å². The Morgan fingerprint density at radius 3 is 2.93 bits per heavy atom. The number of fused-ring (bicyclic) bond motifs is 1. The standard InChI is InChI=1S/C9H7ClN2O2S/c10-9-6(4-11)3-7-5-15(13,14)2-1-8(7)12-9/h3H,1-2,5H2. The van der Waals surface area contributed by atoms with Gasteiger partial charge >= 0.3 is 0 Å². The molecule has 0 radical (unpaired) electrons. The van der Waals surface area contributed by atoms with Crippen molar-refractivity contribution in [2.45, 2.75) is 12.2 Å². The van der Waals surface area contributed by atoms with Crippen LogP contribution >= 0.6 is 11.6 Å². The second-order valence-electron chi connectivity index (χ2n) is 3.39. The van der Waals surface area contributed by atoms with Crippen LogP contribution in [0.2, 0.25) is 5.15 Å². The number of pyridine rings is 1. The molecule has 0 aromatic carbocycles. The molecule has 2 rings (SSSR count). The van der Waals surface area contributed by atoms with Gasteiger partial charge in [-0.2, -0.15) is 5.26 Å². The minimum Gasteiger partial charge on any atom is -0.239 e. The van der Waals surface area contributed by atoms with Gasteiger partial charge in [0.2, 0.25) is 0 Å². The first-order valence-corrected chi connectivity index (χ1v) is 6.50. The third-order valence-corrected chi connectivity index (χ3v) is 4.16. The summed E-state index contributed by atoms with van der Waals surface area (Å²) in [5, 5.41) is 8.87. The Kier molecular flexibility index (Phi) is 2.41. The highest BCUT2D eigenvalue weighted by Gasteiger charge is 2.23. The van der Waals surface area contributed by atoms with Crippen LogP contribution in [-0.4, -0.2) is 19.2 Å². The molecule has 0 amide bonds. The van der Waals surface area contributed by atoms with Gasteiger partial charge in [0, 0.05) is 12.1 Å². The fourth-order valence-electron chi connectivity index (χ4n) is 1.55. The van der Waals surface area contributed by atoms with E-state index in [1.807, 2.05) is 6.07 Å². The Balaban J connectivity index is 2.57. The summed E-state index contributed by atoms with van der Waals surface area (Å²) in [6, 6.07) is 3.40. The van der Waals surface area contributed by atoms with E-state index in [-0.39, 0.29) is 22.2 Å². The number of sulfone groups is 1. The lowest BCUT2D eigenvalue weighted by molar-refractivity contribution is 0.590. The Morgan fingerprint density at radius 2 is 2.27 bits per heavy atom. The van der Waals surface area contributed by atoms with Crippen LogP contribution in [0.1, 0.15) is 16.8 Å². The van der Waals surface area contributed by atoms with E-state index in [2.05, 4.69) is 4.98 Å². The lowest BCUT2D eigenvalue weighted by Gasteiger charge is -2.15.